The third kappa shape index (κ3) is 4.10. The molecule has 0 fully saturated rings. The maximum atomic E-state index is 13.5. The molecule has 166 valence electrons. The largest absolute Gasteiger partial charge is 0.384 e. The summed E-state index contributed by atoms with van der Waals surface area (Å²) in [4.78, 5) is 17.7. The van der Waals surface area contributed by atoms with Gasteiger partial charge in [-0.3, -0.25) is 9.69 Å². The van der Waals surface area contributed by atoms with Crippen LogP contribution in [0, 0.1) is 16.7 Å². The number of allylic oxidation sites excluding steroid dienone is 3. The molecule has 0 bridgehead atoms. The Morgan fingerprint density at radius 1 is 1.28 bits per heavy atom. The summed E-state index contributed by atoms with van der Waals surface area (Å²) in [5.74, 6) is 0.0685. The van der Waals surface area contributed by atoms with E-state index < -0.39 is 5.92 Å². The Bertz CT molecular complexity index is 1170. The minimum atomic E-state index is -0.408. The number of hydrogen-bond donors (Lipinski definition) is 1. The second-order valence-corrected chi connectivity index (χ2v) is 11.0. The average Bonchev–Trinajstić information content (AvgIpc) is 3.19. The normalized spacial score (nSPS) is 20.4. The molecule has 2 heterocycles. The predicted molar refractivity (Wildman–Crippen MR) is 131 cm³/mol. The fourth-order valence-corrected chi connectivity index (χ4v) is 6.10. The Morgan fingerprint density at radius 3 is 2.75 bits per heavy atom. The molecular weight excluding hydrogens is 438 g/mol. The van der Waals surface area contributed by atoms with Crippen molar-refractivity contribution in [1.82, 2.24) is 0 Å². The fraction of sp³-hybridized carbons (Fsp3) is 0.385. The van der Waals surface area contributed by atoms with Gasteiger partial charge in [-0.05, 0) is 55.0 Å². The molecular formula is C26H28ClN3OS. The van der Waals surface area contributed by atoms with Crippen molar-refractivity contribution < 1.29 is 4.79 Å². The number of rotatable bonds is 5. The molecule has 4 rings (SSSR count). The van der Waals surface area contributed by atoms with Gasteiger partial charge in [-0.1, -0.05) is 44.9 Å². The zero-order valence-electron chi connectivity index (χ0n) is 18.7. The van der Waals surface area contributed by atoms with Gasteiger partial charge in [-0.15, -0.1) is 11.3 Å². The van der Waals surface area contributed by atoms with Crippen molar-refractivity contribution in [2.75, 3.05) is 4.90 Å². The molecule has 6 heteroatoms. The first kappa shape index (κ1) is 22.6. The zero-order valence-corrected chi connectivity index (χ0v) is 20.3. The molecule has 0 amide bonds. The van der Waals surface area contributed by atoms with Crippen molar-refractivity contribution in [2.24, 2.45) is 11.1 Å². The van der Waals surface area contributed by atoms with Crippen LogP contribution in [0.1, 0.15) is 62.1 Å². The van der Waals surface area contributed by atoms with Crippen LogP contribution >= 0.6 is 22.9 Å². The summed E-state index contributed by atoms with van der Waals surface area (Å²) < 4.78 is 0. The summed E-state index contributed by atoms with van der Waals surface area (Å²) in [6, 6.07) is 13.9. The van der Waals surface area contributed by atoms with Crippen LogP contribution in [0.3, 0.4) is 0 Å². The van der Waals surface area contributed by atoms with Gasteiger partial charge in [-0.25, -0.2) is 0 Å². The number of anilines is 1. The van der Waals surface area contributed by atoms with E-state index in [2.05, 4.69) is 39.0 Å². The van der Waals surface area contributed by atoms with Crippen molar-refractivity contribution in [3.8, 4) is 6.07 Å². The smallest absolute Gasteiger partial charge is 0.162 e. The minimum absolute atomic E-state index is 0.0945. The third-order valence-corrected chi connectivity index (χ3v) is 7.64. The van der Waals surface area contributed by atoms with E-state index in [0.29, 0.717) is 34.8 Å². The second kappa shape index (κ2) is 8.77. The third-order valence-electron chi connectivity index (χ3n) is 6.19. The lowest BCUT2D eigenvalue weighted by Crippen LogP contribution is -2.42. The maximum absolute atomic E-state index is 13.5. The van der Waals surface area contributed by atoms with Gasteiger partial charge in [0.2, 0.25) is 0 Å². The quantitative estimate of drug-likeness (QED) is 0.534. The molecule has 0 saturated carbocycles. The van der Waals surface area contributed by atoms with Crippen LogP contribution in [-0.2, 0) is 11.2 Å². The SMILES string of the molecule is CCCCc1ccc(C2C(C#N)=C(N)N(c3cccc(Cl)c3)C3=C2C(=O)CC(C)(C)C3)s1. The Balaban J connectivity index is 1.91. The molecule has 1 aliphatic heterocycles. The van der Waals surface area contributed by atoms with Crippen LogP contribution in [0.2, 0.25) is 5.02 Å². The Labute approximate surface area is 199 Å². The topological polar surface area (TPSA) is 70.1 Å². The summed E-state index contributed by atoms with van der Waals surface area (Å²) >= 11 is 7.97. The van der Waals surface area contributed by atoms with Crippen LogP contribution in [0.15, 0.2) is 59.1 Å². The summed E-state index contributed by atoms with van der Waals surface area (Å²) in [5.41, 5.74) is 9.28. The number of halogens is 1. The molecule has 1 aromatic carbocycles. The van der Waals surface area contributed by atoms with E-state index in [1.54, 1.807) is 17.4 Å². The molecule has 0 radical (unpaired) electrons. The highest BCUT2D eigenvalue weighted by atomic mass is 35.5. The van der Waals surface area contributed by atoms with Gasteiger partial charge in [0.05, 0.1) is 17.6 Å². The molecule has 1 atom stereocenters. The number of nitriles is 1. The Kier molecular flexibility index (Phi) is 6.20. The van der Waals surface area contributed by atoms with E-state index >= 15 is 0 Å². The monoisotopic (exact) mass is 465 g/mol. The summed E-state index contributed by atoms with van der Waals surface area (Å²) in [5, 5.41) is 10.8. The first-order chi connectivity index (χ1) is 15.3. The lowest BCUT2D eigenvalue weighted by molar-refractivity contribution is -0.118. The highest BCUT2D eigenvalue weighted by Crippen LogP contribution is 2.51. The number of carbonyl (C=O) groups excluding carboxylic acids is 1. The molecule has 1 aliphatic carbocycles. The number of nitrogens with zero attached hydrogens (tertiary/aromatic N) is 2. The van der Waals surface area contributed by atoms with Crippen molar-refractivity contribution in [3.05, 3.63) is 73.8 Å². The lowest BCUT2D eigenvalue weighted by Gasteiger charge is -2.43. The van der Waals surface area contributed by atoms with Crippen molar-refractivity contribution >= 4 is 34.4 Å². The van der Waals surface area contributed by atoms with Gasteiger partial charge >= 0.3 is 0 Å². The minimum Gasteiger partial charge on any atom is -0.384 e. The molecule has 2 aliphatic rings. The number of hydrogen-bond acceptors (Lipinski definition) is 5. The average molecular weight is 466 g/mol. The first-order valence-electron chi connectivity index (χ1n) is 11.1. The van der Waals surface area contributed by atoms with E-state index in [0.717, 1.165) is 35.5 Å². The number of Topliss-reactive ketones (excluding diaryl/α,β-unsaturated/α-hetero) is 1. The number of benzene rings is 1. The van der Waals surface area contributed by atoms with Gasteiger partial charge in [0.1, 0.15) is 5.82 Å². The highest BCUT2D eigenvalue weighted by Gasteiger charge is 2.45. The molecule has 2 aromatic rings. The fourth-order valence-electron chi connectivity index (χ4n) is 4.74. The highest BCUT2D eigenvalue weighted by molar-refractivity contribution is 7.12. The van der Waals surface area contributed by atoms with E-state index in [9.17, 15) is 10.1 Å². The number of ketones is 1. The van der Waals surface area contributed by atoms with Gasteiger partial charge in [-0.2, -0.15) is 5.26 Å². The molecule has 32 heavy (non-hydrogen) atoms. The van der Waals surface area contributed by atoms with E-state index in [1.165, 1.54) is 4.88 Å². The molecule has 1 aromatic heterocycles. The molecule has 1 unspecified atom stereocenters. The van der Waals surface area contributed by atoms with Gasteiger partial charge in [0, 0.05) is 38.2 Å². The van der Waals surface area contributed by atoms with E-state index in [4.69, 9.17) is 17.3 Å². The van der Waals surface area contributed by atoms with E-state index in [-0.39, 0.29) is 11.2 Å². The van der Waals surface area contributed by atoms with Crippen LogP contribution in [0.5, 0.6) is 0 Å². The predicted octanol–water partition coefficient (Wildman–Crippen LogP) is 6.68. The number of thiophene rings is 1. The summed E-state index contributed by atoms with van der Waals surface area (Å²) in [6.07, 6.45) is 4.42. The van der Waals surface area contributed by atoms with Crippen LogP contribution in [0.4, 0.5) is 5.69 Å². The Morgan fingerprint density at radius 2 is 2.06 bits per heavy atom. The Hall–Kier alpha value is -2.55. The molecule has 2 N–H and O–H groups in total. The second-order valence-electron chi connectivity index (χ2n) is 9.37. The van der Waals surface area contributed by atoms with Gasteiger partial charge in [0.15, 0.2) is 5.78 Å². The lowest BCUT2D eigenvalue weighted by atomic mass is 9.69. The molecule has 4 nitrogen and oxygen atoms in total. The van der Waals surface area contributed by atoms with Gasteiger partial charge in [0.25, 0.3) is 0 Å². The molecule has 0 saturated heterocycles. The summed E-state index contributed by atoms with van der Waals surface area (Å²) in [6.45, 7) is 6.39. The standard InChI is InChI=1S/C26H28ClN3OS/c1-4-5-9-18-10-11-22(32-18)23-19(15-28)25(29)30(17-8-6-7-16(27)12-17)20-13-26(2,3)14-21(31)24(20)23/h6-8,10-12,23H,4-5,9,13-14,29H2,1-3H3. The van der Waals surface area contributed by atoms with Crippen molar-refractivity contribution in [3.63, 3.8) is 0 Å². The number of carbonyl (C=O) groups is 1. The van der Waals surface area contributed by atoms with Crippen LogP contribution in [-0.4, -0.2) is 5.78 Å². The number of unbranched alkanes of at least 4 members (excludes halogenated alkanes) is 1. The maximum Gasteiger partial charge on any atom is 0.162 e. The van der Waals surface area contributed by atoms with Crippen molar-refractivity contribution in [1.29, 1.82) is 5.26 Å². The molecule has 0 spiro atoms. The number of nitrogens with two attached hydrogens (primary N) is 1. The van der Waals surface area contributed by atoms with Crippen LogP contribution < -0.4 is 10.6 Å². The zero-order chi connectivity index (χ0) is 23.0. The van der Waals surface area contributed by atoms with Crippen molar-refractivity contribution in [2.45, 2.75) is 58.8 Å². The van der Waals surface area contributed by atoms with E-state index in [1.807, 2.05) is 23.1 Å². The number of aryl methyl sites for hydroxylation is 1. The first-order valence-corrected chi connectivity index (χ1v) is 12.3. The summed E-state index contributed by atoms with van der Waals surface area (Å²) in [7, 11) is 0. The van der Waals surface area contributed by atoms with Gasteiger partial charge < -0.3 is 5.73 Å². The van der Waals surface area contributed by atoms with Crippen LogP contribution in [0.25, 0.3) is 0 Å².